The topological polar surface area (TPSA) is 89.0 Å². The van der Waals surface area contributed by atoms with Gasteiger partial charge in [0.25, 0.3) is 0 Å². The Morgan fingerprint density at radius 1 is 1.03 bits per heavy atom. The van der Waals surface area contributed by atoms with Crippen LogP contribution in [0.25, 0.3) is 0 Å². The maximum atomic E-state index is 11.9. The molecule has 0 bridgehead atoms. The summed E-state index contributed by atoms with van der Waals surface area (Å²) in [6.45, 7) is 6.30. The van der Waals surface area contributed by atoms with E-state index in [1.807, 2.05) is 51.1 Å². The molecule has 2 N–H and O–H groups in total. The third-order valence-corrected chi connectivity index (χ3v) is 3.67. The number of ether oxygens (including phenoxy) is 2. The molecular formula is C22H27N3O4. The van der Waals surface area contributed by atoms with Crippen LogP contribution in [0.2, 0.25) is 0 Å². The number of carbonyl (C=O) groups excluding carboxylic acids is 2. The molecule has 0 fully saturated rings. The number of hydrazone groups is 1. The van der Waals surface area contributed by atoms with Gasteiger partial charge in [0.15, 0.2) is 11.5 Å². The number of benzene rings is 2. The second kappa shape index (κ2) is 11.5. The van der Waals surface area contributed by atoms with E-state index in [0.717, 1.165) is 5.56 Å². The van der Waals surface area contributed by atoms with E-state index in [-0.39, 0.29) is 30.8 Å². The van der Waals surface area contributed by atoms with Crippen molar-refractivity contribution in [1.29, 1.82) is 0 Å². The molecule has 0 radical (unpaired) electrons. The van der Waals surface area contributed by atoms with Crippen LogP contribution in [0.5, 0.6) is 11.5 Å². The van der Waals surface area contributed by atoms with E-state index < -0.39 is 0 Å². The Bertz CT molecular complexity index is 835. The molecule has 7 heteroatoms. The lowest BCUT2D eigenvalue weighted by Gasteiger charge is -2.14. The molecule has 0 atom stereocenters. The highest BCUT2D eigenvalue weighted by atomic mass is 16.5. The van der Waals surface area contributed by atoms with Gasteiger partial charge in [0.05, 0.1) is 18.9 Å². The molecule has 2 aromatic rings. The molecule has 2 rings (SSSR count). The number of nitrogens with one attached hydrogen (secondary N) is 2. The van der Waals surface area contributed by atoms with E-state index in [1.54, 1.807) is 18.2 Å². The summed E-state index contributed by atoms with van der Waals surface area (Å²) in [7, 11) is 0. The van der Waals surface area contributed by atoms with Crippen LogP contribution in [0.15, 0.2) is 53.6 Å². The highest BCUT2D eigenvalue weighted by Crippen LogP contribution is 2.28. The monoisotopic (exact) mass is 397 g/mol. The molecule has 2 amide bonds. The predicted molar refractivity (Wildman–Crippen MR) is 113 cm³/mol. The molecule has 0 aliphatic carbocycles. The van der Waals surface area contributed by atoms with Crippen molar-refractivity contribution in [3.8, 4) is 11.5 Å². The van der Waals surface area contributed by atoms with Crippen LogP contribution in [-0.4, -0.2) is 30.7 Å². The second-order valence-corrected chi connectivity index (χ2v) is 6.51. The zero-order valence-electron chi connectivity index (χ0n) is 17.0. The first-order valence-corrected chi connectivity index (χ1v) is 9.58. The minimum atomic E-state index is -0.339. The Kier molecular flexibility index (Phi) is 8.69. The highest BCUT2D eigenvalue weighted by molar-refractivity contribution is 5.93. The summed E-state index contributed by atoms with van der Waals surface area (Å²) in [5.41, 5.74) is 3.88. The summed E-state index contributed by atoms with van der Waals surface area (Å²) >= 11 is 0. The molecule has 0 saturated heterocycles. The summed E-state index contributed by atoms with van der Waals surface area (Å²) in [6, 6.07) is 14.5. The number of hydrogen-bond acceptors (Lipinski definition) is 5. The first-order chi connectivity index (χ1) is 14.0. The third kappa shape index (κ3) is 8.04. The maximum Gasteiger partial charge on any atom is 0.240 e. The van der Waals surface area contributed by atoms with Gasteiger partial charge in [-0.25, -0.2) is 5.43 Å². The van der Waals surface area contributed by atoms with Crippen LogP contribution >= 0.6 is 0 Å². The summed E-state index contributed by atoms with van der Waals surface area (Å²) in [5.74, 6) is 0.716. The van der Waals surface area contributed by atoms with E-state index in [4.69, 9.17) is 9.47 Å². The lowest BCUT2D eigenvalue weighted by atomic mass is 10.2. The van der Waals surface area contributed by atoms with Crippen LogP contribution in [0, 0.1) is 0 Å². The Morgan fingerprint density at radius 3 is 2.45 bits per heavy atom. The molecule has 7 nitrogen and oxygen atoms in total. The number of hydrogen-bond donors (Lipinski definition) is 2. The van der Waals surface area contributed by atoms with Crippen molar-refractivity contribution in [3.63, 3.8) is 0 Å². The zero-order chi connectivity index (χ0) is 21.1. The van der Waals surface area contributed by atoms with Gasteiger partial charge in [-0.1, -0.05) is 18.2 Å². The molecule has 0 saturated carbocycles. The van der Waals surface area contributed by atoms with Crippen LogP contribution in [0.3, 0.4) is 0 Å². The Morgan fingerprint density at radius 2 is 1.76 bits per heavy atom. The lowest BCUT2D eigenvalue weighted by molar-refractivity contribution is -0.124. The van der Waals surface area contributed by atoms with Crippen LogP contribution in [-0.2, 0) is 9.59 Å². The molecule has 0 unspecified atom stereocenters. The van der Waals surface area contributed by atoms with Crippen molar-refractivity contribution < 1.29 is 19.1 Å². The summed E-state index contributed by atoms with van der Waals surface area (Å²) in [6.07, 6.45) is 1.67. The SMILES string of the molecule is CCOc1cc(C=NNC(=O)CCC(=O)Nc2ccccc2)ccc1OC(C)C. The average Bonchev–Trinajstić information content (AvgIpc) is 2.69. The molecular weight excluding hydrogens is 370 g/mol. The number of anilines is 1. The molecule has 0 aromatic heterocycles. The minimum absolute atomic E-state index is 0.0344. The number of amides is 2. The zero-order valence-corrected chi connectivity index (χ0v) is 17.0. The Hall–Kier alpha value is -3.35. The van der Waals surface area contributed by atoms with Gasteiger partial charge in [-0.2, -0.15) is 5.10 Å². The molecule has 2 aromatic carbocycles. The normalized spacial score (nSPS) is 10.8. The fraction of sp³-hybridized carbons (Fsp3) is 0.318. The number of para-hydroxylation sites is 1. The van der Waals surface area contributed by atoms with Crippen LogP contribution in [0.4, 0.5) is 5.69 Å². The van der Waals surface area contributed by atoms with E-state index in [1.165, 1.54) is 6.21 Å². The first kappa shape index (κ1) is 21.9. The minimum Gasteiger partial charge on any atom is -0.490 e. The van der Waals surface area contributed by atoms with E-state index in [9.17, 15) is 9.59 Å². The fourth-order valence-corrected chi connectivity index (χ4v) is 2.43. The van der Waals surface area contributed by atoms with Crippen LogP contribution < -0.4 is 20.2 Å². The van der Waals surface area contributed by atoms with E-state index >= 15 is 0 Å². The van der Waals surface area contributed by atoms with Gasteiger partial charge in [0.1, 0.15) is 0 Å². The molecule has 0 aliphatic rings. The van der Waals surface area contributed by atoms with Crippen molar-refractivity contribution in [2.45, 2.75) is 39.7 Å². The summed E-state index contributed by atoms with van der Waals surface area (Å²) in [4.78, 5) is 23.7. The molecule has 154 valence electrons. The fourth-order valence-electron chi connectivity index (χ4n) is 2.43. The van der Waals surface area contributed by atoms with E-state index in [0.29, 0.717) is 23.8 Å². The van der Waals surface area contributed by atoms with E-state index in [2.05, 4.69) is 15.8 Å². The van der Waals surface area contributed by atoms with Crippen molar-refractivity contribution in [1.82, 2.24) is 5.43 Å². The Labute approximate surface area is 171 Å². The number of rotatable bonds is 10. The summed E-state index contributed by atoms with van der Waals surface area (Å²) < 4.78 is 11.3. The van der Waals surface area contributed by atoms with Crippen LogP contribution in [0.1, 0.15) is 39.2 Å². The van der Waals surface area contributed by atoms with Gasteiger partial charge in [0, 0.05) is 18.5 Å². The molecule has 0 spiro atoms. The largest absolute Gasteiger partial charge is 0.490 e. The quantitative estimate of drug-likeness (QED) is 0.472. The van der Waals surface area contributed by atoms with Gasteiger partial charge in [-0.05, 0) is 56.7 Å². The molecule has 0 aliphatic heterocycles. The van der Waals surface area contributed by atoms with Crippen molar-refractivity contribution >= 4 is 23.7 Å². The van der Waals surface area contributed by atoms with Gasteiger partial charge < -0.3 is 14.8 Å². The second-order valence-electron chi connectivity index (χ2n) is 6.51. The van der Waals surface area contributed by atoms with Gasteiger partial charge in [-0.3, -0.25) is 9.59 Å². The van der Waals surface area contributed by atoms with Crippen molar-refractivity contribution in [2.24, 2.45) is 5.10 Å². The number of carbonyl (C=O) groups is 2. The van der Waals surface area contributed by atoms with Gasteiger partial charge in [0.2, 0.25) is 11.8 Å². The van der Waals surface area contributed by atoms with Crippen molar-refractivity contribution in [3.05, 3.63) is 54.1 Å². The highest BCUT2D eigenvalue weighted by Gasteiger charge is 2.08. The first-order valence-electron chi connectivity index (χ1n) is 9.58. The molecule has 0 heterocycles. The maximum absolute atomic E-state index is 11.9. The van der Waals surface area contributed by atoms with Gasteiger partial charge in [-0.15, -0.1) is 0 Å². The lowest BCUT2D eigenvalue weighted by Crippen LogP contribution is -2.20. The average molecular weight is 397 g/mol. The van der Waals surface area contributed by atoms with Gasteiger partial charge >= 0.3 is 0 Å². The van der Waals surface area contributed by atoms with Crippen molar-refractivity contribution in [2.75, 3.05) is 11.9 Å². The summed E-state index contributed by atoms with van der Waals surface area (Å²) in [5, 5.41) is 6.68. The molecule has 29 heavy (non-hydrogen) atoms. The third-order valence-electron chi connectivity index (χ3n) is 3.67. The Balaban J connectivity index is 1.83. The standard InChI is InChI=1S/C22H27N3O4/c1-4-28-20-14-17(10-11-19(20)29-16(2)3)15-23-25-22(27)13-12-21(26)24-18-8-6-5-7-9-18/h5-11,14-16H,4,12-13H2,1-3H3,(H,24,26)(H,25,27). The smallest absolute Gasteiger partial charge is 0.240 e. The predicted octanol–water partition coefficient (Wildman–Crippen LogP) is 3.74. The number of nitrogens with zero attached hydrogens (tertiary/aromatic N) is 1.